The number of nitrogens with zero attached hydrogens (tertiary/aromatic N) is 3. The van der Waals surface area contributed by atoms with Crippen LogP contribution in [0.15, 0.2) is 176 Å². The van der Waals surface area contributed by atoms with E-state index in [1.807, 2.05) is 0 Å². The van der Waals surface area contributed by atoms with Crippen molar-refractivity contribution in [2.75, 3.05) is 4.90 Å². The summed E-state index contributed by atoms with van der Waals surface area (Å²) in [6.45, 7) is 0. The lowest BCUT2D eigenvalue weighted by molar-refractivity contribution is 1.28. The molecule has 0 saturated heterocycles. The van der Waals surface area contributed by atoms with Gasteiger partial charge in [0.25, 0.3) is 0 Å². The topological polar surface area (TPSA) is 12.1 Å². The maximum atomic E-state index is 2.59. The molecule has 0 fully saturated rings. The van der Waals surface area contributed by atoms with Crippen LogP contribution in [0.4, 0.5) is 17.1 Å². The van der Waals surface area contributed by atoms with Crippen molar-refractivity contribution in [1.82, 2.24) is 8.80 Å². The predicted molar refractivity (Wildman–Crippen MR) is 225 cm³/mol. The van der Waals surface area contributed by atoms with E-state index in [0.29, 0.717) is 0 Å². The van der Waals surface area contributed by atoms with E-state index in [-0.39, 0.29) is 0 Å². The molecule has 13 rings (SSSR count). The molecule has 9 aromatic carbocycles. The largest absolute Gasteiger partial charge is 0.308 e. The van der Waals surface area contributed by atoms with Gasteiger partial charge in [-0.25, -0.2) is 0 Å². The van der Waals surface area contributed by atoms with Gasteiger partial charge in [0.05, 0.1) is 38.8 Å². The fourth-order valence-electron chi connectivity index (χ4n) is 9.87. The van der Waals surface area contributed by atoms with Gasteiger partial charge in [0.1, 0.15) is 0 Å². The van der Waals surface area contributed by atoms with Gasteiger partial charge >= 0.3 is 0 Å². The van der Waals surface area contributed by atoms with Crippen molar-refractivity contribution in [3.05, 3.63) is 176 Å². The molecule has 4 heterocycles. The number of rotatable bonds is 3. The normalized spacial score (nSPS) is 12.5. The smallest absolute Gasteiger partial charge is 0.0789 e. The van der Waals surface area contributed by atoms with Crippen molar-refractivity contribution < 1.29 is 0 Å². The maximum Gasteiger partial charge on any atom is 0.0789 e. The third kappa shape index (κ3) is 3.36. The summed E-state index contributed by atoms with van der Waals surface area (Å²) in [6, 6.07) is 64.9. The van der Waals surface area contributed by atoms with E-state index in [1.165, 1.54) is 103 Å². The van der Waals surface area contributed by atoms with Crippen LogP contribution in [0.3, 0.4) is 0 Å². The quantitative estimate of drug-likeness (QED) is 0.182. The second kappa shape index (κ2) is 9.81. The summed E-state index contributed by atoms with van der Waals surface area (Å²) >= 11 is 0. The molecule has 0 unspecified atom stereocenters. The molecule has 0 atom stereocenters. The number of para-hydroxylation sites is 4. The van der Waals surface area contributed by atoms with E-state index < -0.39 is 0 Å². The Bertz CT molecular complexity index is 3570. The van der Waals surface area contributed by atoms with E-state index in [1.54, 1.807) is 0 Å². The van der Waals surface area contributed by atoms with Gasteiger partial charge in [-0.3, -0.25) is 0 Å². The van der Waals surface area contributed by atoms with Gasteiger partial charge < -0.3 is 13.7 Å². The summed E-state index contributed by atoms with van der Waals surface area (Å²) in [5.74, 6) is 0. The van der Waals surface area contributed by atoms with E-state index >= 15 is 0 Å². The number of fused-ring (bicyclic) bond motifs is 16. The van der Waals surface area contributed by atoms with Gasteiger partial charge in [-0.05, 0) is 70.8 Å². The highest BCUT2D eigenvalue weighted by atomic mass is 15.2. The predicted octanol–water partition coefficient (Wildman–Crippen LogP) is 13.8. The fourth-order valence-corrected chi connectivity index (χ4v) is 9.87. The van der Waals surface area contributed by atoms with Gasteiger partial charge in [0, 0.05) is 59.9 Å². The van der Waals surface area contributed by atoms with Crippen LogP contribution in [0.25, 0.3) is 97.7 Å². The van der Waals surface area contributed by atoms with Crippen LogP contribution in [0.1, 0.15) is 0 Å². The summed E-state index contributed by atoms with van der Waals surface area (Å²) in [6.07, 6.45) is 0. The average molecular weight is 672 g/mol. The van der Waals surface area contributed by atoms with Gasteiger partial charge in [0.2, 0.25) is 0 Å². The van der Waals surface area contributed by atoms with Crippen molar-refractivity contribution in [3.8, 4) is 0 Å². The zero-order valence-electron chi connectivity index (χ0n) is 28.6. The number of aromatic nitrogens is 2. The lowest BCUT2D eigenvalue weighted by Crippen LogP contribution is -2.11. The molecule has 0 spiro atoms. The van der Waals surface area contributed by atoms with Gasteiger partial charge in [0.15, 0.2) is 0 Å². The SMILES string of the molecule is c1ccc(N(c2ccccc2)c2c3ccccc3cc3c4cccc5c6c7c8c9ccccc9cc9c%10ccccc%10n(c7ccc6n(c23)c45)c98)cc1. The van der Waals surface area contributed by atoms with Crippen molar-refractivity contribution in [1.29, 1.82) is 0 Å². The zero-order chi connectivity index (χ0) is 34.4. The van der Waals surface area contributed by atoms with Gasteiger partial charge in [-0.15, -0.1) is 0 Å². The number of hydrogen-bond acceptors (Lipinski definition) is 1. The number of anilines is 3. The molecule has 0 aliphatic heterocycles. The summed E-state index contributed by atoms with van der Waals surface area (Å²) in [7, 11) is 0. The van der Waals surface area contributed by atoms with Crippen LogP contribution in [-0.2, 0) is 0 Å². The third-order valence-electron chi connectivity index (χ3n) is 11.9. The van der Waals surface area contributed by atoms with Gasteiger partial charge in [-0.2, -0.15) is 0 Å². The Morgan fingerprint density at radius 2 is 0.849 bits per heavy atom. The molecule has 53 heavy (non-hydrogen) atoms. The molecule has 0 N–H and O–H groups in total. The summed E-state index contributed by atoms with van der Waals surface area (Å²) < 4.78 is 5.11. The number of hydrogen-bond donors (Lipinski definition) is 0. The third-order valence-corrected chi connectivity index (χ3v) is 11.9. The van der Waals surface area contributed by atoms with Crippen molar-refractivity contribution in [2.45, 2.75) is 0 Å². The molecular formula is C50H29N3. The van der Waals surface area contributed by atoms with Crippen LogP contribution in [0.2, 0.25) is 0 Å². The summed E-state index contributed by atoms with van der Waals surface area (Å²) in [5, 5.41) is 15.5. The molecule has 244 valence electrons. The molecule has 0 aliphatic carbocycles. The van der Waals surface area contributed by atoms with Gasteiger partial charge in [-0.1, -0.05) is 121 Å². The van der Waals surface area contributed by atoms with Crippen LogP contribution >= 0.6 is 0 Å². The highest BCUT2D eigenvalue weighted by molar-refractivity contribution is 6.40. The Hall–Kier alpha value is -7.10. The average Bonchev–Trinajstić information content (AvgIpc) is 3.94. The first-order valence-corrected chi connectivity index (χ1v) is 18.4. The Labute approximate surface area is 303 Å². The minimum Gasteiger partial charge on any atom is -0.308 e. The summed E-state index contributed by atoms with van der Waals surface area (Å²) in [5.41, 5.74) is 11.0. The monoisotopic (exact) mass is 671 g/mol. The summed E-state index contributed by atoms with van der Waals surface area (Å²) in [4.78, 5) is 2.46. The first kappa shape index (κ1) is 27.6. The van der Waals surface area contributed by atoms with Crippen LogP contribution in [0.5, 0.6) is 0 Å². The standard InChI is InChI=1S/C50H29N3/c1-3-16-32(17-4-1)51(33-18-5-2-6-19-33)49-35-21-10-8-15-31(35)29-40-37-23-13-24-38-44-42(53(47(37)38)50(40)49)26-27-43-46(44)45-34-20-9-7-14-30(34)28-39-36-22-11-12-25-41(36)52(43)48(39)45/h1-29H. The molecular weight excluding hydrogens is 643 g/mol. The lowest BCUT2D eigenvalue weighted by Gasteiger charge is -2.28. The first-order valence-electron chi connectivity index (χ1n) is 18.4. The molecule has 0 saturated carbocycles. The molecule has 0 aliphatic rings. The molecule has 4 aromatic heterocycles. The van der Waals surface area contributed by atoms with Crippen molar-refractivity contribution >= 4 is 115 Å². The molecule has 0 bridgehead atoms. The molecule has 13 aromatic rings. The van der Waals surface area contributed by atoms with E-state index in [4.69, 9.17) is 0 Å². The van der Waals surface area contributed by atoms with E-state index in [0.717, 1.165) is 11.4 Å². The Kier molecular flexibility index (Phi) is 5.11. The Morgan fingerprint density at radius 1 is 0.302 bits per heavy atom. The zero-order valence-corrected chi connectivity index (χ0v) is 28.6. The minimum absolute atomic E-state index is 1.13. The number of benzene rings is 9. The van der Waals surface area contributed by atoms with Crippen molar-refractivity contribution in [3.63, 3.8) is 0 Å². The van der Waals surface area contributed by atoms with Crippen LogP contribution < -0.4 is 4.90 Å². The highest BCUT2D eigenvalue weighted by Crippen LogP contribution is 2.52. The van der Waals surface area contributed by atoms with Crippen molar-refractivity contribution in [2.24, 2.45) is 0 Å². The Morgan fingerprint density at radius 3 is 1.58 bits per heavy atom. The second-order valence-electron chi connectivity index (χ2n) is 14.5. The molecule has 3 nitrogen and oxygen atoms in total. The lowest BCUT2D eigenvalue weighted by atomic mass is 9.97. The molecule has 0 amide bonds. The van der Waals surface area contributed by atoms with Crippen LogP contribution in [0, 0.1) is 0 Å². The van der Waals surface area contributed by atoms with E-state index in [2.05, 4.69) is 190 Å². The minimum atomic E-state index is 1.13. The second-order valence-corrected chi connectivity index (χ2v) is 14.5. The van der Waals surface area contributed by atoms with E-state index in [9.17, 15) is 0 Å². The molecule has 0 radical (unpaired) electrons. The fraction of sp³-hybridized carbons (Fsp3) is 0. The first-order chi connectivity index (χ1) is 26.3. The van der Waals surface area contributed by atoms with Crippen LogP contribution in [-0.4, -0.2) is 8.80 Å². The highest BCUT2D eigenvalue weighted by Gasteiger charge is 2.28. The molecule has 3 heteroatoms. The Balaban J connectivity index is 1.30. The maximum absolute atomic E-state index is 2.59.